The molecule has 1 fully saturated rings. The zero-order valence-electron chi connectivity index (χ0n) is 15.5. The molecule has 1 unspecified atom stereocenters. The van der Waals surface area contributed by atoms with Gasteiger partial charge in [0.25, 0.3) is 5.91 Å². The predicted octanol–water partition coefficient (Wildman–Crippen LogP) is 3.76. The van der Waals surface area contributed by atoms with Gasteiger partial charge in [0.05, 0.1) is 6.61 Å². The number of para-hydroxylation sites is 1. The van der Waals surface area contributed by atoms with Gasteiger partial charge < -0.3 is 19.2 Å². The normalized spacial score (nSPS) is 14.6. The van der Waals surface area contributed by atoms with E-state index >= 15 is 0 Å². The van der Waals surface area contributed by atoms with Gasteiger partial charge in [-0.05, 0) is 18.9 Å². The Morgan fingerprint density at radius 3 is 2.54 bits per heavy atom. The van der Waals surface area contributed by atoms with E-state index in [-0.39, 0.29) is 24.3 Å². The summed E-state index contributed by atoms with van der Waals surface area (Å²) in [6.45, 7) is 0.200. The van der Waals surface area contributed by atoms with Crippen LogP contribution in [0.5, 0.6) is 0 Å². The van der Waals surface area contributed by atoms with Gasteiger partial charge in [0.15, 0.2) is 0 Å². The quantitative estimate of drug-likeness (QED) is 0.633. The highest BCUT2D eigenvalue weighted by molar-refractivity contribution is 5.97. The van der Waals surface area contributed by atoms with Crippen molar-refractivity contribution < 1.29 is 23.5 Å². The second-order valence-electron chi connectivity index (χ2n) is 6.82. The Labute approximate surface area is 162 Å². The Bertz CT molecular complexity index is 991. The lowest BCUT2D eigenvalue weighted by molar-refractivity contribution is -0.130. The van der Waals surface area contributed by atoms with Gasteiger partial charge >= 0.3 is 5.97 Å². The maximum Gasteiger partial charge on any atom is 0.375 e. The van der Waals surface area contributed by atoms with E-state index in [2.05, 4.69) is 5.32 Å². The van der Waals surface area contributed by atoms with E-state index < -0.39 is 12.1 Å². The third-order valence-electron chi connectivity index (χ3n) is 4.66. The fourth-order valence-electron chi connectivity index (χ4n) is 3.12. The SMILES string of the molecule is COCc1c(C(=O)OC(C(=O)NC2CC2)c2ccccc2)oc2ccccc12. The van der Waals surface area contributed by atoms with E-state index in [0.29, 0.717) is 16.7 Å². The number of benzene rings is 2. The number of esters is 1. The van der Waals surface area contributed by atoms with Crippen molar-refractivity contribution in [1.29, 1.82) is 0 Å². The van der Waals surface area contributed by atoms with E-state index in [9.17, 15) is 9.59 Å². The highest BCUT2D eigenvalue weighted by Gasteiger charge is 2.32. The lowest BCUT2D eigenvalue weighted by atomic mass is 10.1. The van der Waals surface area contributed by atoms with Gasteiger partial charge in [-0.3, -0.25) is 4.79 Å². The number of nitrogens with one attached hydrogen (secondary N) is 1. The highest BCUT2D eigenvalue weighted by atomic mass is 16.6. The van der Waals surface area contributed by atoms with Crippen molar-refractivity contribution >= 4 is 22.8 Å². The topological polar surface area (TPSA) is 77.8 Å². The average Bonchev–Trinajstić information content (AvgIpc) is 3.46. The maximum atomic E-state index is 12.9. The first-order valence-electron chi connectivity index (χ1n) is 9.23. The Kier molecular flexibility index (Phi) is 5.12. The number of rotatable bonds is 7. The van der Waals surface area contributed by atoms with Crippen molar-refractivity contribution in [3.8, 4) is 0 Å². The fraction of sp³-hybridized carbons (Fsp3) is 0.273. The molecule has 28 heavy (non-hydrogen) atoms. The Morgan fingerprint density at radius 1 is 1.11 bits per heavy atom. The third kappa shape index (κ3) is 3.77. The molecule has 2 aromatic carbocycles. The van der Waals surface area contributed by atoms with Crippen LogP contribution in [0.25, 0.3) is 11.0 Å². The van der Waals surface area contributed by atoms with E-state index in [4.69, 9.17) is 13.9 Å². The first-order chi connectivity index (χ1) is 13.7. The van der Waals surface area contributed by atoms with Crippen LogP contribution < -0.4 is 5.32 Å². The van der Waals surface area contributed by atoms with Crippen molar-refractivity contribution in [3.05, 3.63) is 71.5 Å². The number of fused-ring (bicyclic) bond motifs is 1. The molecule has 1 aromatic heterocycles. The first-order valence-corrected chi connectivity index (χ1v) is 9.23. The maximum absolute atomic E-state index is 12.9. The number of carbonyl (C=O) groups is 2. The minimum absolute atomic E-state index is 0.0585. The molecular formula is C22H21NO5. The number of amides is 1. The zero-order chi connectivity index (χ0) is 19.5. The Morgan fingerprint density at radius 2 is 1.82 bits per heavy atom. The van der Waals surface area contributed by atoms with Crippen LogP contribution in [0.1, 0.15) is 40.6 Å². The number of ether oxygens (including phenoxy) is 2. The Balaban J connectivity index is 1.65. The van der Waals surface area contributed by atoms with Crippen LogP contribution in [0.15, 0.2) is 59.0 Å². The summed E-state index contributed by atoms with van der Waals surface area (Å²) in [7, 11) is 1.55. The van der Waals surface area contributed by atoms with Gasteiger partial charge in [-0.2, -0.15) is 0 Å². The summed E-state index contributed by atoms with van der Waals surface area (Å²) in [5.41, 5.74) is 1.79. The van der Waals surface area contributed by atoms with Crippen LogP contribution in [0.2, 0.25) is 0 Å². The molecule has 1 saturated carbocycles. The molecule has 1 heterocycles. The lowest BCUT2D eigenvalue weighted by Gasteiger charge is -2.17. The molecule has 0 saturated heterocycles. The van der Waals surface area contributed by atoms with E-state index in [1.807, 2.05) is 24.3 Å². The summed E-state index contributed by atoms with van der Waals surface area (Å²) in [6, 6.07) is 16.5. The molecule has 1 N–H and O–H groups in total. The number of methoxy groups -OCH3 is 1. The first kappa shape index (κ1) is 18.3. The number of furan rings is 1. The minimum Gasteiger partial charge on any atom is -0.449 e. The van der Waals surface area contributed by atoms with Crippen molar-refractivity contribution in [2.75, 3.05) is 7.11 Å². The molecule has 0 spiro atoms. The highest BCUT2D eigenvalue weighted by Crippen LogP contribution is 2.29. The van der Waals surface area contributed by atoms with Gasteiger partial charge in [0.1, 0.15) is 5.58 Å². The van der Waals surface area contributed by atoms with Gasteiger partial charge in [0.2, 0.25) is 11.9 Å². The second-order valence-corrected chi connectivity index (χ2v) is 6.82. The number of hydrogen-bond donors (Lipinski definition) is 1. The summed E-state index contributed by atoms with van der Waals surface area (Å²) in [5.74, 6) is -0.960. The lowest BCUT2D eigenvalue weighted by Crippen LogP contribution is -2.33. The third-order valence-corrected chi connectivity index (χ3v) is 4.66. The van der Waals surface area contributed by atoms with E-state index in [0.717, 1.165) is 18.2 Å². The molecule has 3 aromatic rings. The molecule has 1 atom stereocenters. The molecule has 1 aliphatic carbocycles. The van der Waals surface area contributed by atoms with Crippen molar-refractivity contribution in [2.45, 2.75) is 31.6 Å². The summed E-state index contributed by atoms with van der Waals surface area (Å²) in [6.07, 6.45) is 0.851. The van der Waals surface area contributed by atoms with Crippen molar-refractivity contribution in [2.24, 2.45) is 0 Å². The van der Waals surface area contributed by atoms with Crippen LogP contribution >= 0.6 is 0 Å². The van der Waals surface area contributed by atoms with Crippen LogP contribution in [0.4, 0.5) is 0 Å². The average molecular weight is 379 g/mol. The van der Waals surface area contributed by atoms with Crippen LogP contribution in [0, 0.1) is 0 Å². The summed E-state index contributed by atoms with van der Waals surface area (Å²) < 4.78 is 16.6. The van der Waals surface area contributed by atoms with E-state index in [1.165, 1.54) is 0 Å². The van der Waals surface area contributed by atoms with Crippen LogP contribution in [0.3, 0.4) is 0 Å². The molecule has 144 valence electrons. The molecule has 6 heteroatoms. The number of hydrogen-bond acceptors (Lipinski definition) is 5. The molecule has 0 bridgehead atoms. The van der Waals surface area contributed by atoms with Gasteiger partial charge in [-0.25, -0.2) is 4.79 Å². The molecule has 4 rings (SSSR count). The van der Waals surface area contributed by atoms with Gasteiger partial charge in [-0.1, -0.05) is 48.5 Å². The van der Waals surface area contributed by atoms with Gasteiger partial charge in [-0.15, -0.1) is 0 Å². The monoisotopic (exact) mass is 379 g/mol. The second kappa shape index (κ2) is 7.86. The molecule has 0 aliphatic heterocycles. The van der Waals surface area contributed by atoms with Crippen molar-refractivity contribution in [3.63, 3.8) is 0 Å². The van der Waals surface area contributed by atoms with Crippen LogP contribution in [-0.4, -0.2) is 25.0 Å². The summed E-state index contributed by atoms with van der Waals surface area (Å²) in [4.78, 5) is 25.6. The summed E-state index contributed by atoms with van der Waals surface area (Å²) >= 11 is 0. The van der Waals surface area contributed by atoms with Gasteiger partial charge in [0, 0.05) is 29.7 Å². The zero-order valence-corrected chi connectivity index (χ0v) is 15.5. The standard InChI is InChI=1S/C22H21NO5/c1-26-13-17-16-9-5-6-10-18(16)27-20(17)22(25)28-19(14-7-3-2-4-8-14)21(24)23-15-11-12-15/h2-10,15,19H,11-13H2,1H3,(H,23,24). The number of carbonyl (C=O) groups excluding carboxylic acids is 2. The predicted molar refractivity (Wildman–Crippen MR) is 103 cm³/mol. The van der Waals surface area contributed by atoms with Crippen molar-refractivity contribution in [1.82, 2.24) is 5.32 Å². The van der Waals surface area contributed by atoms with Crippen LogP contribution in [-0.2, 0) is 20.9 Å². The molecule has 1 amide bonds. The Hall–Kier alpha value is -3.12. The largest absolute Gasteiger partial charge is 0.449 e. The minimum atomic E-state index is -1.04. The molecule has 0 radical (unpaired) electrons. The van der Waals surface area contributed by atoms with E-state index in [1.54, 1.807) is 37.4 Å². The molecular weight excluding hydrogens is 358 g/mol. The molecule has 6 nitrogen and oxygen atoms in total. The molecule has 1 aliphatic rings. The fourth-order valence-corrected chi connectivity index (χ4v) is 3.12. The smallest absolute Gasteiger partial charge is 0.375 e. The summed E-state index contributed by atoms with van der Waals surface area (Å²) in [5, 5.41) is 3.69.